The predicted molar refractivity (Wildman–Crippen MR) is 118 cm³/mol. The molecule has 0 radical (unpaired) electrons. The van der Waals surface area contributed by atoms with Crippen LogP contribution in [-0.2, 0) is 22.9 Å². The molecule has 1 fully saturated rings. The summed E-state index contributed by atoms with van der Waals surface area (Å²) in [5, 5.41) is 6.66. The van der Waals surface area contributed by atoms with Gasteiger partial charge in [0, 0.05) is 11.8 Å². The number of anilines is 1. The third-order valence-electron chi connectivity index (χ3n) is 5.70. The molecule has 1 aromatic carbocycles. The molecule has 0 saturated heterocycles. The Hall–Kier alpha value is -3.71. The van der Waals surface area contributed by atoms with Gasteiger partial charge in [0.25, 0.3) is 15.8 Å². The van der Waals surface area contributed by atoms with Gasteiger partial charge in [-0.05, 0) is 67.0 Å². The van der Waals surface area contributed by atoms with E-state index in [1.807, 2.05) is 12.1 Å². The topological polar surface area (TPSA) is 110 Å². The van der Waals surface area contributed by atoms with Crippen LogP contribution in [0.25, 0.3) is 16.0 Å². The van der Waals surface area contributed by atoms with Crippen molar-refractivity contribution in [3.8, 4) is 11.1 Å². The molecule has 0 unspecified atom stereocenters. The number of pyridine rings is 1. The van der Waals surface area contributed by atoms with E-state index in [2.05, 4.69) is 25.0 Å². The molecule has 2 amide bonds. The summed E-state index contributed by atoms with van der Waals surface area (Å²) < 4.78 is 29.0. The van der Waals surface area contributed by atoms with Crippen LogP contribution in [0.2, 0.25) is 0 Å². The van der Waals surface area contributed by atoms with Crippen LogP contribution in [0, 0.1) is 6.57 Å². The molecule has 1 saturated carbocycles. The number of fused-ring (bicyclic) bond motifs is 1. The molecule has 0 bridgehead atoms. The van der Waals surface area contributed by atoms with E-state index in [4.69, 9.17) is 6.57 Å². The summed E-state index contributed by atoms with van der Waals surface area (Å²) in [7, 11) is -4.11. The third kappa shape index (κ3) is 3.83. The van der Waals surface area contributed by atoms with Crippen LogP contribution in [0.1, 0.15) is 36.4 Å². The fraction of sp³-hybridized carbons (Fsp3) is 0.273. The molecule has 2 aromatic heterocycles. The first-order valence-electron chi connectivity index (χ1n) is 10.3. The molecule has 32 heavy (non-hydrogen) atoms. The van der Waals surface area contributed by atoms with Gasteiger partial charge in [-0.2, -0.15) is 13.5 Å². The van der Waals surface area contributed by atoms with Crippen LogP contribution in [0.15, 0.2) is 47.8 Å². The molecule has 2 heterocycles. The van der Waals surface area contributed by atoms with Crippen molar-refractivity contribution in [1.82, 2.24) is 19.5 Å². The molecule has 0 aliphatic heterocycles. The van der Waals surface area contributed by atoms with E-state index in [1.165, 1.54) is 6.07 Å². The number of rotatable bonds is 5. The summed E-state index contributed by atoms with van der Waals surface area (Å²) >= 11 is 0. The summed E-state index contributed by atoms with van der Waals surface area (Å²) in [5.74, 6) is 0.243. The number of nitrogens with one attached hydrogen (secondary N) is 2. The van der Waals surface area contributed by atoms with Crippen LogP contribution in [0.3, 0.4) is 0 Å². The number of urea groups is 1. The zero-order valence-electron chi connectivity index (χ0n) is 17.1. The highest BCUT2D eigenvalue weighted by atomic mass is 32.2. The van der Waals surface area contributed by atoms with Gasteiger partial charge in [0.05, 0.1) is 11.7 Å². The number of carbonyl (C=O) groups is 1. The first kappa shape index (κ1) is 20.2. The monoisotopic (exact) mass is 448 g/mol. The molecule has 162 valence electrons. The zero-order chi connectivity index (χ0) is 22.3. The Morgan fingerprint density at radius 1 is 1.19 bits per heavy atom. The summed E-state index contributed by atoms with van der Waals surface area (Å²) in [6.45, 7) is 7.21. The van der Waals surface area contributed by atoms with E-state index in [0.717, 1.165) is 48.8 Å². The van der Waals surface area contributed by atoms with Crippen molar-refractivity contribution in [2.75, 3.05) is 5.32 Å². The van der Waals surface area contributed by atoms with Crippen molar-refractivity contribution in [3.05, 3.63) is 65.3 Å². The molecule has 0 atom stereocenters. The Morgan fingerprint density at radius 2 is 2.03 bits per heavy atom. The number of hydrogen-bond acceptors (Lipinski definition) is 5. The van der Waals surface area contributed by atoms with E-state index in [9.17, 15) is 13.2 Å². The second-order valence-electron chi connectivity index (χ2n) is 7.92. The van der Waals surface area contributed by atoms with Crippen molar-refractivity contribution >= 4 is 27.6 Å². The zero-order valence-corrected chi connectivity index (χ0v) is 17.9. The fourth-order valence-electron chi connectivity index (χ4n) is 4.02. The second-order valence-corrected chi connectivity index (χ2v) is 9.55. The number of benzene rings is 1. The summed E-state index contributed by atoms with van der Waals surface area (Å²) in [5.41, 5.74) is 4.09. The number of aryl methyl sites for hydroxylation is 1. The highest BCUT2D eigenvalue weighted by Crippen LogP contribution is 2.38. The van der Waals surface area contributed by atoms with E-state index in [0.29, 0.717) is 11.3 Å². The average molecular weight is 449 g/mol. The Bertz CT molecular complexity index is 1370. The molecule has 3 aromatic rings. The highest BCUT2D eigenvalue weighted by molar-refractivity contribution is 7.90. The molecule has 5 rings (SSSR count). The maximum atomic E-state index is 12.8. The molecule has 9 nitrogen and oxygen atoms in total. The quantitative estimate of drug-likeness (QED) is 0.577. The smallest absolute Gasteiger partial charge is 0.333 e. The highest BCUT2D eigenvalue weighted by Gasteiger charge is 2.28. The van der Waals surface area contributed by atoms with Gasteiger partial charge in [-0.1, -0.05) is 18.7 Å². The van der Waals surface area contributed by atoms with Gasteiger partial charge in [-0.15, -0.1) is 4.98 Å². The fourth-order valence-corrected chi connectivity index (χ4v) is 4.86. The molecule has 2 N–H and O–H groups in total. The molecule has 2 aliphatic carbocycles. The van der Waals surface area contributed by atoms with Crippen molar-refractivity contribution in [1.29, 1.82) is 0 Å². The standard InChI is InChI=1S/C22H20N6O3S/c1-23-19-13-15(9-11-24-19)18-8-5-14-3-2-4-17(14)21(18)25-22(29)27-32(30,31)20-10-12-28(26-20)16-6-7-16/h5,8-13,16H,2-4,6-7H2,(H2,25,27,29). The number of sulfonamides is 1. The number of nitrogens with zero attached hydrogens (tertiary/aromatic N) is 4. The summed E-state index contributed by atoms with van der Waals surface area (Å²) in [6, 6.07) is 8.08. The lowest BCUT2D eigenvalue weighted by molar-refractivity contribution is 0.256. The predicted octanol–water partition coefficient (Wildman–Crippen LogP) is 3.83. The maximum absolute atomic E-state index is 12.8. The number of carbonyl (C=O) groups excluding carboxylic acids is 1. The first-order chi connectivity index (χ1) is 15.4. The number of hydrogen-bond donors (Lipinski definition) is 2. The minimum atomic E-state index is -4.11. The van der Waals surface area contributed by atoms with Gasteiger partial charge in [0.15, 0.2) is 5.03 Å². The van der Waals surface area contributed by atoms with Crippen LogP contribution >= 0.6 is 0 Å². The van der Waals surface area contributed by atoms with Crippen molar-refractivity contribution in [2.24, 2.45) is 0 Å². The van der Waals surface area contributed by atoms with Gasteiger partial charge >= 0.3 is 6.03 Å². The van der Waals surface area contributed by atoms with Gasteiger partial charge in [-0.25, -0.2) is 9.52 Å². The lowest BCUT2D eigenvalue weighted by Crippen LogP contribution is -2.35. The summed E-state index contributed by atoms with van der Waals surface area (Å²) in [4.78, 5) is 20.1. The van der Waals surface area contributed by atoms with Crippen LogP contribution in [-0.4, -0.2) is 29.2 Å². The number of aromatic nitrogens is 3. The Labute approximate surface area is 185 Å². The summed E-state index contributed by atoms with van der Waals surface area (Å²) in [6.07, 6.45) is 7.73. The van der Waals surface area contributed by atoms with Crippen molar-refractivity contribution in [2.45, 2.75) is 43.2 Å². The van der Waals surface area contributed by atoms with Gasteiger partial charge < -0.3 is 10.2 Å². The van der Waals surface area contributed by atoms with Crippen LogP contribution in [0.5, 0.6) is 0 Å². The minimum Gasteiger partial charge on any atom is -0.361 e. The van der Waals surface area contributed by atoms with E-state index in [1.54, 1.807) is 29.2 Å². The Kier molecular flexibility index (Phi) is 4.90. The lowest BCUT2D eigenvalue weighted by Gasteiger charge is -2.16. The molecular formula is C22H20N6O3S. The Balaban J connectivity index is 1.44. The van der Waals surface area contributed by atoms with Crippen molar-refractivity contribution in [3.63, 3.8) is 0 Å². The molecule has 0 spiro atoms. The lowest BCUT2D eigenvalue weighted by atomic mass is 9.98. The van der Waals surface area contributed by atoms with Crippen LogP contribution < -0.4 is 10.0 Å². The minimum absolute atomic E-state index is 0.186. The molecule has 2 aliphatic rings. The molecule has 10 heteroatoms. The first-order valence-corrected chi connectivity index (χ1v) is 11.8. The van der Waals surface area contributed by atoms with Gasteiger partial charge in [0.1, 0.15) is 6.20 Å². The normalized spacial score (nSPS) is 15.1. The average Bonchev–Trinajstić information content (AvgIpc) is 3.29. The van der Waals surface area contributed by atoms with E-state index in [-0.39, 0.29) is 16.9 Å². The van der Waals surface area contributed by atoms with Gasteiger partial charge in [0.2, 0.25) is 0 Å². The van der Waals surface area contributed by atoms with Gasteiger partial charge in [-0.3, -0.25) is 4.68 Å². The van der Waals surface area contributed by atoms with E-state index >= 15 is 0 Å². The van der Waals surface area contributed by atoms with Crippen LogP contribution in [0.4, 0.5) is 16.3 Å². The largest absolute Gasteiger partial charge is 0.361 e. The van der Waals surface area contributed by atoms with Crippen molar-refractivity contribution < 1.29 is 13.2 Å². The second kappa shape index (κ2) is 7.76. The SMILES string of the molecule is [C-]#[N+]c1cc(-c2ccc3c(c2NC(=O)NS(=O)(=O)c2ccn(C4CC4)n2)CCC3)ccn1. The number of amides is 2. The Morgan fingerprint density at radius 3 is 2.81 bits per heavy atom. The van der Waals surface area contributed by atoms with E-state index < -0.39 is 16.1 Å². The molecular weight excluding hydrogens is 428 g/mol. The maximum Gasteiger partial charge on any atom is 0.333 e. The third-order valence-corrected chi connectivity index (χ3v) is 6.92.